The van der Waals surface area contributed by atoms with Crippen LogP contribution in [0, 0.1) is 0 Å². The molecule has 0 saturated carbocycles. The number of rotatable bonds is 5. The summed E-state index contributed by atoms with van der Waals surface area (Å²) in [6, 6.07) is 6.88. The van der Waals surface area contributed by atoms with Gasteiger partial charge in [-0.25, -0.2) is 9.97 Å². The monoisotopic (exact) mass is 272 g/mol. The van der Waals surface area contributed by atoms with Crippen molar-refractivity contribution >= 4 is 5.69 Å². The lowest BCUT2D eigenvalue weighted by molar-refractivity contribution is 0.475. The molecule has 5 nitrogen and oxygen atoms in total. The Balaban J connectivity index is 2.36. The van der Waals surface area contributed by atoms with E-state index in [1.54, 1.807) is 18.3 Å². The number of hydrogen-bond acceptors (Lipinski definition) is 5. The fourth-order valence-electron chi connectivity index (χ4n) is 1.93. The summed E-state index contributed by atoms with van der Waals surface area (Å²) in [6.07, 6.45) is 1.79. The highest BCUT2D eigenvalue weighted by molar-refractivity contribution is 5.59. The summed E-state index contributed by atoms with van der Waals surface area (Å²) < 4.78 is 0. The number of anilines is 1. The van der Waals surface area contributed by atoms with Gasteiger partial charge in [-0.3, -0.25) is 0 Å². The lowest BCUT2D eigenvalue weighted by Gasteiger charge is -2.14. The van der Waals surface area contributed by atoms with Crippen LogP contribution in [0.25, 0.3) is 11.4 Å². The van der Waals surface area contributed by atoms with Crippen LogP contribution in [0.4, 0.5) is 5.69 Å². The van der Waals surface area contributed by atoms with Gasteiger partial charge < -0.3 is 16.2 Å². The molecule has 1 heterocycles. The van der Waals surface area contributed by atoms with Crippen molar-refractivity contribution in [1.82, 2.24) is 9.97 Å². The summed E-state index contributed by atoms with van der Waals surface area (Å²) in [5, 5.41) is 12.6. The Hall–Kier alpha value is -2.14. The Morgan fingerprint density at radius 3 is 2.55 bits per heavy atom. The van der Waals surface area contributed by atoms with Crippen LogP contribution >= 0.6 is 0 Å². The number of benzene rings is 1. The average molecular weight is 272 g/mol. The minimum Gasteiger partial charge on any atom is -0.508 e. The van der Waals surface area contributed by atoms with Crippen LogP contribution in [0.5, 0.6) is 5.75 Å². The van der Waals surface area contributed by atoms with E-state index < -0.39 is 0 Å². The Bertz CT molecular complexity index is 567. The fourth-order valence-corrected chi connectivity index (χ4v) is 1.93. The highest BCUT2D eigenvalue weighted by Gasteiger charge is 2.11. The number of nitrogens with one attached hydrogen (secondary N) is 1. The molecule has 1 aromatic carbocycles. The molecule has 0 radical (unpaired) electrons. The van der Waals surface area contributed by atoms with Crippen LogP contribution in [0.2, 0.25) is 0 Å². The molecule has 20 heavy (non-hydrogen) atoms. The Labute approximate surface area is 118 Å². The van der Waals surface area contributed by atoms with E-state index in [-0.39, 0.29) is 11.7 Å². The zero-order valence-corrected chi connectivity index (χ0v) is 11.8. The van der Waals surface area contributed by atoms with Crippen LogP contribution in [-0.4, -0.2) is 28.2 Å². The highest BCUT2D eigenvalue weighted by Crippen LogP contribution is 2.25. The summed E-state index contributed by atoms with van der Waals surface area (Å²) in [5.41, 5.74) is 8.29. The number of hydrogen-bond donors (Lipinski definition) is 3. The molecule has 0 fully saturated rings. The number of aromatic nitrogens is 2. The molecule has 0 spiro atoms. The number of phenolic OH excluding ortho intramolecular Hbond substituents is 1. The van der Waals surface area contributed by atoms with E-state index in [4.69, 9.17) is 5.73 Å². The maximum absolute atomic E-state index is 9.32. The predicted molar refractivity (Wildman–Crippen MR) is 80.8 cm³/mol. The molecular formula is C15H20N4O. The molecule has 0 aliphatic heterocycles. The average Bonchev–Trinajstić information content (AvgIpc) is 2.45. The van der Waals surface area contributed by atoms with Crippen molar-refractivity contribution in [3.63, 3.8) is 0 Å². The molecule has 0 saturated heterocycles. The van der Waals surface area contributed by atoms with Crippen LogP contribution in [0.3, 0.4) is 0 Å². The lowest BCUT2D eigenvalue weighted by Crippen LogP contribution is -2.15. The number of nitrogens with two attached hydrogens (primary N) is 1. The van der Waals surface area contributed by atoms with Crippen molar-refractivity contribution < 1.29 is 5.11 Å². The van der Waals surface area contributed by atoms with Gasteiger partial charge in [-0.1, -0.05) is 13.8 Å². The third-order valence-corrected chi connectivity index (χ3v) is 2.95. The second-order valence-electron chi connectivity index (χ2n) is 4.91. The molecule has 4 N–H and O–H groups in total. The Morgan fingerprint density at radius 1 is 1.25 bits per heavy atom. The first-order valence-corrected chi connectivity index (χ1v) is 6.72. The largest absolute Gasteiger partial charge is 0.508 e. The van der Waals surface area contributed by atoms with Gasteiger partial charge in [0.1, 0.15) is 5.75 Å². The van der Waals surface area contributed by atoms with E-state index >= 15 is 0 Å². The minimum atomic E-state index is 0.235. The summed E-state index contributed by atoms with van der Waals surface area (Å²) in [4.78, 5) is 9.01. The third-order valence-electron chi connectivity index (χ3n) is 2.95. The number of phenols is 1. The van der Waals surface area contributed by atoms with E-state index in [1.807, 2.05) is 12.1 Å². The SMILES string of the molecule is CC(C)c1nc(-c2ccc(O)cc2)ncc1NCCN. The maximum atomic E-state index is 9.32. The van der Waals surface area contributed by atoms with E-state index in [9.17, 15) is 5.11 Å². The second-order valence-corrected chi connectivity index (χ2v) is 4.91. The van der Waals surface area contributed by atoms with Gasteiger partial charge in [0.05, 0.1) is 17.6 Å². The van der Waals surface area contributed by atoms with Gasteiger partial charge in [0.25, 0.3) is 0 Å². The molecule has 0 bridgehead atoms. The van der Waals surface area contributed by atoms with Gasteiger partial charge >= 0.3 is 0 Å². The Morgan fingerprint density at radius 2 is 1.95 bits per heavy atom. The third kappa shape index (κ3) is 3.24. The van der Waals surface area contributed by atoms with Crippen molar-refractivity contribution in [3.05, 3.63) is 36.2 Å². The van der Waals surface area contributed by atoms with E-state index in [0.717, 1.165) is 16.9 Å². The topological polar surface area (TPSA) is 84.1 Å². The molecule has 0 atom stereocenters. The van der Waals surface area contributed by atoms with Gasteiger partial charge in [0.2, 0.25) is 0 Å². The van der Waals surface area contributed by atoms with Gasteiger partial charge in [-0.15, -0.1) is 0 Å². The van der Waals surface area contributed by atoms with Gasteiger partial charge in [-0.05, 0) is 30.2 Å². The molecule has 106 valence electrons. The molecule has 5 heteroatoms. The molecule has 1 aromatic heterocycles. The fraction of sp³-hybridized carbons (Fsp3) is 0.333. The van der Waals surface area contributed by atoms with Crippen LogP contribution < -0.4 is 11.1 Å². The zero-order chi connectivity index (χ0) is 14.5. The smallest absolute Gasteiger partial charge is 0.159 e. The van der Waals surface area contributed by atoms with Crippen LogP contribution in [-0.2, 0) is 0 Å². The number of aromatic hydroxyl groups is 1. The summed E-state index contributed by atoms with van der Waals surface area (Å²) in [5.74, 6) is 1.18. The summed E-state index contributed by atoms with van der Waals surface area (Å²) in [7, 11) is 0. The van der Waals surface area contributed by atoms with E-state index in [1.165, 1.54) is 0 Å². The predicted octanol–water partition coefficient (Wildman–Crippen LogP) is 2.34. The van der Waals surface area contributed by atoms with Crippen molar-refractivity contribution in [1.29, 1.82) is 0 Å². The van der Waals surface area contributed by atoms with Crippen LogP contribution in [0.15, 0.2) is 30.5 Å². The highest BCUT2D eigenvalue weighted by atomic mass is 16.3. The quantitative estimate of drug-likeness (QED) is 0.778. The second kappa shape index (κ2) is 6.34. The van der Waals surface area contributed by atoms with Gasteiger partial charge in [0, 0.05) is 18.7 Å². The number of nitrogens with zero attached hydrogens (tertiary/aromatic N) is 2. The Kier molecular flexibility index (Phi) is 4.53. The van der Waals surface area contributed by atoms with E-state index in [2.05, 4.69) is 29.1 Å². The van der Waals surface area contributed by atoms with Gasteiger partial charge in [-0.2, -0.15) is 0 Å². The van der Waals surface area contributed by atoms with Gasteiger partial charge in [0.15, 0.2) is 5.82 Å². The molecule has 0 unspecified atom stereocenters. The first-order chi connectivity index (χ1) is 9.61. The molecular weight excluding hydrogens is 252 g/mol. The van der Waals surface area contributed by atoms with Crippen molar-refractivity contribution in [2.45, 2.75) is 19.8 Å². The minimum absolute atomic E-state index is 0.235. The maximum Gasteiger partial charge on any atom is 0.159 e. The lowest BCUT2D eigenvalue weighted by atomic mass is 10.1. The van der Waals surface area contributed by atoms with Crippen molar-refractivity contribution in [2.75, 3.05) is 18.4 Å². The first-order valence-electron chi connectivity index (χ1n) is 6.72. The first kappa shape index (κ1) is 14.3. The van der Waals surface area contributed by atoms with Crippen molar-refractivity contribution in [3.8, 4) is 17.1 Å². The van der Waals surface area contributed by atoms with E-state index in [0.29, 0.717) is 18.9 Å². The van der Waals surface area contributed by atoms with Crippen LogP contribution in [0.1, 0.15) is 25.5 Å². The normalized spacial score (nSPS) is 10.8. The molecule has 2 rings (SSSR count). The molecule has 0 aliphatic rings. The zero-order valence-electron chi connectivity index (χ0n) is 11.8. The molecule has 0 aliphatic carbocycles. The summed E-state index contributed by atoms with van der Waals surface area (Å²) in [6.45, 7) is 5.45. The van der Waals surface area contributed by atoms with Crippen molar-refractivity contribution in [2.24, 2.45) is 5.73 Å². The molecule has 2 aromatic rings. The standard InChI is InChI=1S/C15H20N4O/c1-10(2)14-13(17-8-7-16)9-18-15(19-14)11-3-5-12(20)6-4-11/h3-6,9-10,17,20H,7-8,16H2,1-2H3. The molecule has 0 amide bonds. The summed E-state index contributed by atoms with van der Waals surface area (Å²) >= 11 is 0.